The fourth-order valence-electron chi connectivity index (χ4n) is 1.49. The second kappa shape index (κ2) is 11.4. The second-order valence-corrected chi connectivity index (χ2v) is 4.58. The van der Waals surface area contributed by atoms with Crippen LogP contribution in [-0.4, -0.2) is 12.0 Å². The summed E-state index contributed by atoms with van der Waals surface area (Å²) in [4.78, 5) is 0. The van der Waals surface area contributed by atoms with Crippen LogP contribution >= 0.6 is 12.6 Å². The van der Waals surface area contributed by atoms with E-state index in [1.54, 1.807) is 0 Å². The van der Waals surface area contributed by atoms with Gasteiger partial charge in [0.2, 0.25) is 0 Å². The molecule has 0 fully saturated rings. The van der Waals surface area contributed by atoms with Crippen LogP contribution in [0.2, 0.25) is 0 Å². The maximum atomic E-state index is 5.30. The highest BCUT2D eigenvalue weighted by molar-refractivity contribution is 7.80. The first kappa shape index (κ1) is 14.3. The van der Waals surface area contributed by atoms with Gasteiger partial charge in [-0.1, -0.05) is 64.5 Å². The Labute approximate surface area is 95.0 Å². The summed E-state index contributed by atoms with van der Waals surface area (Å²) in [6, 6.07) is 0. The summed E-state index contributed by atoms with van der Waals surface area (Å²) < 4.78 is 5.30. The summed E-state index contributed by atoms with van der Waals surface area (Å²) in [6.45, 7) is 5.02. The minimum atomic E-state index is -0.0143. The van der Waals surface area contributed by atoms with Crippen molar-refractivity contribution in [2.75, 3.05) is 6.61 Å². The van der Waals surface area contributed by atoms with E-state index in [0.29, 0.717) is 0 Å². The molecule has 0 N–H and O–H groups in total. The fourth-order valence-corrected chi connectivity index (χ4v) is 1.58. The molecule has 0 aliphatic heterocycles. The summed E-state index contributed by atoms with van der Waals surface area (Å²) in [7, 11) is 0. The lowest BCUT2D eigenvalue weighted by atomic mass is 10.1. The summed E-state index contributed by atoms with van der Waals surface area (Å²) >= 11 is 4.91. The quantitative estimate of drug-likeness (QED) is 0.482. The molecule has 0 heterocycles. The third-order valence-corrected chi connectivity index (χ3v) is 2.49. The van der Waals surface area contributed by atoms with Gasteiger partial charge in [-0.05, 0) is 13.3 Å². The van der Waals surface area contributed by atoms with Gasteiger partial charge in [-0.2, -0.15) is 0 Å². The predicted molar refractivity (Wildman–Crippen MR) is 65.6 cm³/mol. The highest BCUT2D eigenvalue weighted by Gasteiger charge is 1.94. The number of hydrogen-bond acceptors (Lipinski definition) is 1. The van der Waals surface area contributed by atoms with Crippen LogP contribution in [0, 0.1) is 0 Å². The maximum absolute atomic E-state index is 5.30. The van der Waals surface area contributed by atoms with Gasteiger partial charge in [0.05, 0.1) is 0 Å². The Bertz CT molecular complexity index is 104. The van der Waals surface area contributed by atoms with E-state index < -0.39 is 0 Å². The molecule has 1 nitrogen and oxygen atoms in total. The molecular formula is C12H25OS. The Morgan fingerprint density at radius 2 is 1.43 bits per heavy atom. The van der Waals surface area contributed by atoms with E-state index in [1.165, 1.54) is 51.4 Å². The van der Waals surface area contributed by atoms with E-state index in [1.807, 2.05) is 6.92 Å². The van der Waals surface area contributed by atoms with Crippen LogP contribution in [0.5, 0.6) is 0 Å². The van der Waals surface area contributed by atoms with Crippen LogP contribution in [0.3, 0.4) is 0 Å². The maximum Gasteiger partial charge on any atom is 0.110 e. The van der Waals surface area contributed by atoms with Gasteiger partial charge in [0.15, 0.2) is 0 Å². The molecule has 0 aliphatic rings. The van der Waals surface area contributed by atoms with E-state index in [2.05, 4.69) is 6.92 Å². The summed E-state index contributed by atoms with van der Waals surface area (Å²) in [5.74, 6) is 0. The van der Waals surface area contributed by atoms with Gasteiger partial charge in [-0.3, -0.25) is 0 Å². The molecule has 1 atom stereocenters. The number of unbranched alkanes of at least 4 members (excludes halogenated alkanes) is 7. The zero-order valence-electron chi connectivity index (χ0n) is 9.76. The highest BCUT2D eigenvalue weighted by atomic mass is 32.1. The van der Waals surface area contributed by atoms with Gasteiger partial charge in [-0.15, -0.1) is 0 Å². The lowest BCUT2D eigenvalue weighted by Crippen LogP contribution is -2.00. The van der Waals surface area contributed by atoms with E-state index in [0.717, 1.165) is 6.61 Å². The Morgan fingerprint density at radius 3 is 1.93 bits per heavy atom. The second-order valence-electron chi connectivity index (χ2n) is 3.91. The van der Waals surface area contributed by atoms with E-state index in [4.69, 9.17) is 17.4 Å². The van der Waals surface area contributed by atoms with Crippen LogP contribution < -0.4 is 0 Å². The van der Waals surface area contributed by atoms with Crippen LogP contribution in [-0.2, 0) is 4.74 Å². The zero-order chi connectivity index (χ0) is 10.6. The van der Waals surface area contributed by atoms with Crippen molar-refractivity contribution in [3.05, 3.63) is 0 Å². The van der Waals surface area contributed by atoms with Crippen molar-refractivity contribution in [1.29, 1.82) is 0 Å². The van der Waals surface area contributed by atoms with Gasteiger partial charge in [0.1, 0.15) is 5.44 Å². The monoisotopic (exact) mass is 217 g/mol. The number of rotatable bonds is 10. The standard InChI is InChI=1S/C12H25OS/c1-3-4-5-6-7-8-9-10-11-13-12(2)14/h12H,3-11H2,1-2H3. The van der Waals surface area contributed by atoms with Crippen molar-refractivity contribution in [3.63, 3.8) is 0 Å². The third-order valence-electron chi connectivity index (χ3n) is 2.35. The Morgan fingerprint density at radius 1 is 0.929 bits per heavy atom. The molecule has 14 heavy (non-hydrogen) atoms. The first-order valence-electron chi connectivity index (χ1n) is 6.04. The molecule has 0 aliphatic carbocycles. The van der Waals surface area contributed by atoms with Crippen molar-refractivity contribution < 1.29 is 4.74 Å². The molecule has 2 heteroatoms. The first-order chi connectivity index (χ1) is 6.77. The van der Waals surface area contributed by atoms with Crippen molar-refractivity contribution >= 4 is 12.6 Å². The van der Waals surface area contributed by atoms with Gasteiger partial charge in [0, 0.05) is 6.61 Å². The minimum Gasteiger partial charge on any atom is -0.367 e. The van der Waals surface area contributed by atoms with Crippen LogP contribution in [0.15, 0.2) is 0 Å². The molecule has 1 radical (unpaired) electrons. The van der Waals surface area contributed by atoms with Gasteiger partial charge in [0.25, 0.3) is 0 Å². The lowest BCUT2D eigenvalue weighted by Gasteiger charge is -2.05. The smallest absolute Gasteiger partial charge is 0.110 e. The van der Waals surface area contributed by atoms with Crippen molar-refractivity contribution in [3.8, 4) is 0 Å². The Hall–Kier alpha value is 0.310. The first-order valence-corrected chi connectivity index (χ1v) is 6.52. The van der Waals surface area contributed by atoms with Crippen molar-refractivity contribution in [1.82, 2.24) is 0 Å². The molecule has 0 spiro atoms. The van der Waals surface area contributed by atoms with Crippen LogP contribution in [0.4, 0.5) is 0 Å². The Kier molecular flexibility index (Phi) is 11.6. The van der Waals surface area contributed by atoms with Crippen LogP contribution in [0.25, 0.3) is 0 Å². The number of ether oxygens (including phenoxy) is 1. The van der Waals surface area contributed by atoms with Crippen molar-refractivity contribution in [2.24, 2.45) is 0 Å². The topological polar surface area (TPSA) is 9.23 Å². The van der Waals surface area contributed by atoms with E-state index >= 15 is 0 Å². The minimum absolute atomic E-state index is 0.0143. The normalized spacial score (nSPS) is 13.1. The highest BCUT2D eigenvalue weighted by Crippen LogP contribution is 2.08. The zero-order valence-corrected chi connectivity index (χ0v) is 10.6. The van der Waals surface area contributed by atoms with Gasteiger partial charge >= 0.3 is 0 Å². The molecule has 85 valence electrons. The average molecular weight is 217 g/mol. The largest absolute Gasteiger partial charge is 0.367 e. The molecule has 0 amide bonds. The van der Waals surface area contributed by atoms with Crippen LogP contribution in [0.1, 0.15) is 65.2 Å². The van der Waals surface area contributed by atoms with E-state index in [-0.39, 0.29) is 5.44 Å². The predicted octanol–water partition coefficient (Wildman–Crippen LogP) is 4.69. The fraction of sp³-hybridized carbons (Fsp3) is 1.00. The SMILES string of the molecule is CCCCCCCCCCOC(C)[S]. The summed E-state index contributed by atoms with van der Waals surface area (Å²) in [5, 5.41) is 0. The third kappa shape index (κ3) is 12.3. The molecular weight excluding hydrogens is 192 g/mol. The van der Waals surface area contributed by atoms with E-state index in [9.17, 15) is 0 Å². The Balaban J connectivity index is 2.85. The molecule has 0 aromatic carbocycles. The lowest BCUT2D eigenvalue weighted by molar-refractivity contribution is 0.121. The van der Waals surface area contributed by atoms with Crippen molar-refractivity contribution in [2.45, 2.75) is 70.7 Å². The van der Waals surface area contributed by atoms with Gasteiger partial charge < -0.3 is 4.74 Å². The van der Waals surface area contributed by atoms with Gasteiger partial charge in [-0.25, -0.2) is 0 Å². The molecule has 1 unspecified atom stereocenters. The summed E-state index contributed by atoms with van der Waals surface area (Å²) in [6.07, 6.45) is 10.8. The molecule has 0 saturated heterocycles. The summed E-state index contributed by atoms with van der Waals surface area (Å²) in [5.41, 5.74) is -0.0143. The molecule has 0 saturated carbocycles. The molecule has 0 aromatic heterocycles. The molecule has 0 rings (SSSR count). The average Bonchev–Trinajstić information content (AvgIpc) is 2.15. The molecule has 0 bridgehead atoms. The molecule has 0 aromatic rings. The number of hydrogen-bond donors (Lipinski definition) is 0.